The SMILES string of the molecule is CC(C)(C)OC(=O)C[C@@H](NC(=O)OC1c2ccccc2-c2ccccc21)C(=O)O. The molecule has 3 rings (SSSR count). The predicted octanol–water partition coefficient (Wildman–Crippen LogP) is 3.67. The van der Waals surface area contributed by atoms with Crippen molar-refractivity contribution in [3.05, 3.63) is 59.7 Å². The number of alkyl carbamates (subject to hydrolysis) is 1. The molecule has 0 aromatic heterocycles. The van der Waals surface area contributed by atoms with Gasteiger partial charge in [0.15, 0.2) is 6.10 Å². The highest BCUT2D eigenvalue weighted by atomic mass is 16.6. The van der Waals surface area contributed by atoms with Gasteiger partial charge in [-0.25, -0.2) is 9.59 Å². The van der Waals surface area contributed by atoms with Crippen molar-refractivity contribution in [2.45, 2.75) is 44.9 Å². The average Bonchev–Trinajstić information content (AvgIpc) is 2.94. The highest BCUT2D eigenvalue weighted by Gasteiger charge is 2.33. The zero-order valence-electron chi connectivity index (χ0n) is 16.5. The molecule has 1 aliphatic carbocycles. The van der Waals surface area contributed by atoms with Gasteiger partial charge in [-0.1, -0.05) is 48.5 Å². The minimum Gasteiger partial charge on any atom is -0.480 e. The number of carboxylic acid groups (broad SMARTS) is 1. The molecule has 0 bridgehead atoms. The van der Waals surface area contributed by atoms with Gasteiger partial charge in [-0.3, -0.25) is 4.79 Å². The van der Waals surface area contributed by atoms with Gasteiger partial charge in [0.25, 0.3) is 0 Å². The molecule has 0 aliphatic heterocycles. The van der Waals surface area contributed by atoms with Crippen molar-refractivity contribution in [3.63, 3.8) is 0 Å². The molecule has 0 spiro atoms. The number of fused-ring (bicyclic) bond motifs is 3. The molecule has 1 atom stereocenters. The molecule has 152 valence electrons. The number of rotatable bonds is 5. The number of carbonyl (C=O) groups is 3. The van der Waals surface area contributed by atoms with Crippen LogP contribution in [0.3, 0.4) is 0 Å². The van der Waals surface area contributed by atoms with Crippen molar-refractivity contribution in [3.8, 4) is 11.1 Å². The van der Waals surface area contributed by atoms with Crippen molar-refractivity contribution in [2.24, 2.45) is 0 Å². The lowest BCUT2D eigenvalue weighted by atomic mass is 10.1. The smallest absolute Gasteiger partial charge is 0.408 e. The van der Waals surface area contributed by atoms with E-state index in [4.69, 9.17) is 9.47 Å². The van der Waals surface area contributed by atoms with Crippen LogP contribution in [0.5, 0.6) is 0 Å². The summed E-state index contributed by atoms with van der Waals surface area (Å²) in [7, 11) is 0. The summed E-state index contributed by atoms with van der Waals surface area (Å²) < 4.78 is 10.7. The first kappa shape index (κ1) is 20.4. The van der Waals surface area contributed by atoms with Crippen LogP contribution in [0.25, 0.3) is 11.1 Å². The molecular weight excluding hydrogens is 374 g/mol. The Labute approximate surface area is 168 Å². The lowest BCUT2D eigenvalue weighted by molar-refractivity contribution is -0.158. The van der Waals surface area contributed by atoms with Crippen molar-refractivity contribution in [2.75, 3.05) is 0 Å². The van der Waals surface area contributed by atoms with Gasteiger partial charge in [0.05, 0.1) is 6.42 Å². The van der Waals surface area contributed by atoms with E-state index in [2.05, 4.69) is 5.32 Å². The van der Waals surface area contributed by atoms with E-state index in [0.717, 1.165) is 22.3 Å². The van der Waals surface area contributed by atoms with Gasteiger partial charge < -0.3 is 19.9 Å². The minimum atomic E-state index is -1.45. The van der Waals surface area contributed by atoms with Gasteiger partial charge >= 0.3 is 18.0 Å². The quantitative estimate of drug-likeness (QED) is 0.747. The van der Waals surface area contributed by atoms with E-state index in [1.54, 1.807) is 20.8 Å². The zero-order valence-corrected chi connectivity index (χ0v) is 16.5. The van der Waals surface area contributed by atoms with E-state index in [0.29, 0.717) is 0 Å². The molecule has 0 saturated heterocycles. The lowest BCUT2D eigenvalue weighted by Crippen LogP contribution is -2.43. The van der Waals surface area contributed by atoms with Crippen LogP contribution in [0.1, 0.15) is 44.4 Å². The largest absolute Gasteiger partial charge is 0.480 e. The van der Waals surface area contributed by atoms with Crippen molar-refractivity contribution >= 4 is 18.0 Å². The molecule has 0 unspecified atom stereocenters. The van der Waals surface area contributed by atoms with Crippen LogP contribution in [0.4, 0.5) is 4.79 Å². The number of nitrogens with one attached hydrogen (secondary N) is 1. The molecule has 0 heterocycles. The fourth-order valence-corrected chi connectivity index (χ4v) is 3.27. The number of amides is 1. The van der Waals surface area contributed by atoms with E-state index >= 15 is 0 Å². The highest BCUT2D eigenvalue weighted by Crippen LogP contribution is 2.44. The highest BCUT2D eigenvalue weighted by molar-refractivity contribution is 5.86. The zero-order chi connectivity index (χ0) is 21.2. The number of esters is 1. The summed E-state index contributed by atoms with van der Waals surface area (Å²) in [6.07, 6.45) is -2.07. The van der Waals surface area contributed by atoms with E-state index in [1.807, 2.05) is 48.5 Å². The van der Waals surface area contributed by atoms with Crippen LogP contribution in [-0.4, -0.2) is 34.8 Å². The van der Waals surface area contributed by atoms with Crippen LogP contribution in [0.2, 0.25) is 0 Å². The second-order valence-electron chi connectivity index (χ2n) is 7.79. The number of carboxylic acids is 1. The maximum absolute atomic E-state index is 12.5. The van der Waals surface area contributed by atoms with Crippen molar-refractivity contribution in [1.29, 1.82) is 0 Å². The first-order valence-corrected chi connectivity index (χ1v) is 9.26. The Balaban J connectivity index is 1.72. The first-order chi connectivity index (χ1) is 13.7. The summed E-state index contributed by atoms with van der Waals surface area (Å²) in [5.74, 6) is -2.07. The van der Waals surface area contributed by atoms with Crippen LogP contribution < -0.4 is 5.32 Å². The van der Waals surface area contributed by atoms with Crippen LogP contribution in [-0.2, 0) is 19.1 Å². The predicted molar refractivity (Wildman–Crippen MR) is 105 cm³/mol. The summed E-state index contributed by atoms with van der Waals surface area (Å²) >= 11 is 0. The third-order valence-corrected chi connectivity index (χ3v) is 4.38. The second-order valence-corrected chi connectivity index (χ2v) is 7.79. The fraction of sp³-hybridized carbons (Fsp3) is 0.318. The number of benzene rings is 2. The Morgan fingerprint density at radius 2 is 1.52 bits per heavy atom. The summed E-state index contributed by atoms with van der Waals surface area (Å²) in [6.45, 7) is 5.03. The summed E-state index contributed by atoms with van der Waals surface area (Å²) in [6, 6.07) is 13.7. The molecule has 7 nitrogen and oxygen atoms in total. The van der Waals surface area contributed by atoms with E-state index in [-0.39, 0.29) is 0 Å². The Hall–Kier alpha value is -3.35. The minimum absolute atomic E-state index is 0.500. The summed E-state index contributed by atoms with van der Waals surface area (Å²) in [4.78, 5) is 35.9. The van der Waals surface area contributed by atoms with Gasteiger partial charge in [-0.05, 0) is 31.9 Å². The number of hydrogen-bond donors (Lipinski definition) is 2. The van der Waals surface area contributed by atoms with Crippen molar-refractivity contribution in [1.82, 2.24) is 5.32 Å². The van der Waals surface area contributed by atoms with Crippen LogP contribution in [0, 0.1) is 0 Å². The topological polar surface area (TPSA) is 102 Å². The average molecular weight is 397 g/mol. The van der Waals surface area contributed by atoms with E-state index in [1.165, 1.54) is 0 Å². The lowest BCUT2D eigenvalue weighted by Gasteiger charge is -2.22. The van der Waals surface area contributed by atoms with Gasteiger partial charge in [0, 0.05) is 11.1 Å². The maximum Gasteiger partial charge on any atom is 0.408 e. The standard InChI is InChI=1S/C22H23NO6/c1-22(2,3)29-18(24)12-17(20(25)26)23-21(27)28-19-15-10-6-4-8-13(15)14-9-5-7-11-16(14)19/h4-11,17,19H,12H2,1-3H3,(H,23,27)(H,25,26)/t17-/m1/s1. The van der Waals surface area contributed by atoms with Gasteiger partial charge in [0.1, 0.15) is 11.6 Å². The molecule has 2 aromatic carbocycles. The molecule has 1 amide bonds. The number of carbonyl (C=O) groups excluding carboxylic acids is 2. The Kier molecular flexibility index (Phi) is 5.59. The molecule has 1 aliphatic rings. The molecule has 29 heavy (non-hydrogen) atoms. The summed E-state index contributed by atoms with van der Waals surface area (Å²) in [5.41, 5.74) is 2.82. The van der Waals surface area contributed by atoms with Crippen LogP contribution >= 0.6 is 0 Å². The van der Waals surface area contributed by atoms with E-state index in [9.17, 15) is 19.5 Å². The summed E-state index contributed by atoms with van der Waals surface area (Å²) in [5, 5.41) is 11.6. The molecule has 0 radical (unpaired) electrons. The monoisotopic (exact) mass is 397 g/mol. The number of hydrogen-bond acceptors (Lipinski definition) is 5. The van der Waals surface area contributed by atoms with Gasteiger partial charge in [-0.15, -0.1) is 0 Å². The number of ether oxygens (including phenoxy) is 2. The Morgan fingerprint density at radius 3 is 2.00 bits per heavy atom. The van der Waals surface area contributed by atoms with Gasteiger partial charge in [0.2, 0.25) is 0 Å². The van der Waals surface area contributed by atoms with Crippen molar-refractivity contribution < 1.29 is 29.0 Å². The fourth-order valence-electron chi connectivity index (χ4n) is 3.27. The number of aliphatic carboxylic acids is 1. The molecule has 0 fully saturated rings. The molecule has 0 saturated carbocycles. The Bertz CT molecular complexity index is 901. The maximum atomic E-state index is 12.5. The third-order valence-electron chi connectivity index (χ3n) is 4.38. The second kappa shape index (κ2) is 7.95. The van der Waals surface area contributed by atoms with Gasteiger partial charge in [-0.2, -0.15) is 0 Å². The molecule has 7 heteroatoms. The molecular formula is C22H23NO6. The molecule has 2 aromatic rings. The van der Waals surface area contributed by atoms with Crippen LogP contribution in [0.15, 0.2) is 48.5 Å². The Morgan fingerprint density at radius 1 is 1.00 bits per heavy atom. The molecule has 2 N–H and O–H groups in total. The normalized spacial score (nSPS) is 13.8. The van der Waals surface area contributed by atoms with E-state index < -0.39 is 42.2 Å². The first-order valence-electron chi connectivity index (χ1n) is 9.26. The third kappa shape index (κ3) is 4.74.